The first-order chi connectivity index (χ1) is 9.45. The van der Waals surface area contributed by atoms with E-state index < -0.39 is 0 Å². The zero-order valence-corrected chi connectivity index (χ0v) is 12.2. The molecule has 0 aliphatic heterocycles. The monoisotopic (exact) mass is 279 g/mol. The van der Waals surface area contributed by atoms with Gasteiger partial charge >= 0.3 is 0 Å². The summed E-state index contributed by atoms with van der Waals surface area (Å²) in [5.41, 5.74) is 1.22. The third-order valence-electron chi connectivity index (χ3n) is 4.01. The Kier molecular flexibility index (Phi) is 4.28. The molecule has 5 nitrogen and oxygen atoms in total. The first-order valence-electron chi connectivity index (χ1n) is 7.02. The van der Waals surface area contributed by atoms with Crippen molar-refractivity contribution in [1.29, 1.82) is 0 Å². The number of hydrogen-bond donors (Lipinski definition) is 2. The summed E-state index contributed by atoms with van der Waals surface area (Å²) in [4.78, 5) is 24.1. The number of hydrogen-bond acceptors (Lipinski definition) is 4. The number of aliphatic hydroxyl groups is 1. The Bertz CT molecular complexity index is 532. The maximum Gasteiger partial charge on any atom is 0.287 e. The fraction of sp³-hybridized carbons (Fsp3) is 0.600. The SMILES string of the molecule is Cc1c(C(=O)N[C@H](C)[C@@H](C)CO)oc2c1C(=O)CCC2. The predicted octanol–water partition coefficient (Wildman–Crippen LogP) is 1.85. The number of carbonyl (C=O) groups is 2. The van der Waals surface area contributed by atoms with Crippen molar-refractivity contribution in [3.63, 3.8) is 0 Å². The Hall–Kier alpha value is -1.62. The van der Waals surface area contributed by atoms with Crippen LogP contribution < -0.4 is 5.32 Å². The second-order valence-corrected chi connectivity index (χ2v) is 5.55. The molecular weight excluding hydrogens is 258 g/mol. The molecule has 0 saturated heterocycles. The number of fused-ring (bicyclic) bond motifs is 1. The summed E-state index contributed by atoms with van der Waals surface area (Å²) >= 11 is 0. The van der Waals surface area contributed by atoms with Gasteiger partial charge in [0.25, 0.3) is 5.91 Å². The number of aryl methyl sites for hydroxylation is 1. The Balaban J connectivity index is 2.21. The van der Waals surface area contributed by atoms with E-state index in [2.05, 4.69) is 5.32 Å². The summed E-state index contributed by atoms with van der Waals surface area (Å²) in [6.07, 6.45) is 2.00. The molecule has 0 bridgehead atoms. The molecule has 0 fully saturated rings. The maximum atomic E-state index is 12.2. The van der Waals surface area contributed by atoms with Gasteiger partial charge in [-0.2, -0.15) is 0 Å². The minimum absolute atomic E-state index is 0.00751. The van der Waals surface area contributed by atoms with Gasteiger partial charge in [-0.1, -0.05) is 6.92 Å². The number of carbonyl (C=O) groups excluding carboxylic acids is 2. The largest absolute Gasteiger partial charge is 0.455 e. The number of Topliss-reactive ketones (excluding diaryl/α,β-unsaturated/α-hetero) is 1. The molecule has 0 unspecified atom stereocenters. The van der Waals surface area contributed by atoms with Crippen molar-refractivity contribution < 1.29 is 19.1 Å². The predicted molar refractivity (Wildman–Crippen MR) is 73.9 cm³/mol. The lowest BCUT2D eigenvalue weighted by Gasteiger charge is -2.18. The van der Waals surface area contributed by atoms with Gasteiger partial charge in [0.05, 0.1) is 5.56 Å². The van der Waals surface area contributed by atoms with E-state index in [0.29, 0.717) is 29.7 Å². The zero-order valence-electron chi connectivity index (χ0n) is 12.2. The van der Waals surface area contributed by atoms with E-state index in [1.54, 1.807) is 6.92 Å². The van der Waals surface area contributed by atoms with E-state index >= 15 is 0 Å². The summed E-state index contributed by atoms with van der Waals surface area (Å²) in [6, 6.07) is -0.162. The van der Waals surface area contributed by atoms with Crippen LogP contribution in [0.1, 0.15) is 58.9 Å². The van der Waals surface area contributed by atoms with Gasteiger partial charge in [0.1, 0.15) is 5.76 Å². The number of aliphatic hydroxyl groups excluding tert-OH is 1. The average molecular weight is 279 g/mol. The number of nitrogens with one attached hydrogen (secondary N) is 1. The molecule has 1 aromatic heterocycles. The average Bonchev–Trinajstić information content (AvgIpc) is 2.76. The van der Waals surface area contributed by atoms with Gasteiger partial charge in [-0.3, -0.25) is 9.59 Å². The lowest BCUT2D eigenvalue weighted by Crippen LogP contribution is -2.38. The molecule has 2 N–H and O–H groups in total. The number of amides is 1. The van der Waals surface area contributed by atoms with Crippen LogP contribution >= 0.6 is 0 Å². The lowest BCUT2D eigenvalue weighted by atomic mass is 9.94. The third-order valence-corrected chi connectivity index (χ3v) is 4.01. The molecule has 1 aromatic rings. The minimum atomic E-state index is -0.322. The molecule has 0 spiro atoms. The normalized spacial score (nSPS) is 17.5. The van der Waals surface area contributed by atoms with Crippen LogP contribution in [0, 0.1) is 12.8 Å². The first kappa shape index (κ1) is 14.8. The molecule has 1 amide bonds. The molecule has 1 heterocycles. The first-order valence-corrected chi connectivity index (χ1v) is 7.02. The molecule has 0 radical (unpaired) electrons. The minimum Gasteiger partial charge on any atom is -0.455 e. The van der Waals surface area contributed by atoms with Crippen LogP contribution in [0.5, 0.6) is 0 Å². The van der Waals surface area contributed by atoms with E-state index in [4.69, 9.17) is 9.52 Å². The van der Waals surface area contributed by atoms with Crippen molar-refractivity contribution in [2.45, 2.75) is 46.1 Å². The van der Waals surface area contributed by atoms with Gasteiger partial charge in [-0.05, 0) is 26.2 Å². The Morgan fingerprint density at radius 2 is 2.10 bits per heavy atom. The van der Waals surface area contributed by atoms with Crippen LogP contribution in [0.3, 0.4) is 0 Å². The summed E-state index contributed by atoms with van der Waals surface area (Å²) in [5, 5.41) is 11.9. The van der Waals surface area contributed by atoms with Crippen molar-refractivity contribution in [1.82, 2.24) is 5.32 Å². The van der Waals surface area contributed by atoms with Gasteiger partial charge < -0.3 is 14.8 Å². The molecule has 5 heteroatoms. The highest BCUT2D eigenvalue weighted by Gasteiger charge is 2.29. The van der Waals surface area contributed by atoms with E-state index in [-0.39, 0.29) is 36.0 Å². The third kappa shape index (κ3) is 2.63. The molecular formula is C15H21NO4. The molecule has 0 aromatic carbocycles. The number of furan rings is 1. The van der Waals surface area contributed by atoms with Crippen LogP contribution in [0.15, 0.2) is 4.42 Å². The van der Waals surface area contributed by atoms with Crippen molar-refractivity contribution in [3.8, 4) is 0 Å². The summed E-state index contributed by atoms with van der Waals surface area (Å²) < 4.78 is 5.59. The number of ketones is 1. The molecule has 1 aliphatic rings. The van der Waals surface area contributed by atoms with Gasteiger partial charge in [-0.25, -0.2) is 0 Å². The van der Waals surface area contributed by atoms with Crippen molar-refractivity contribution in [3.05, 3.63) is 22.6 Å². The quantitative estimate of drug-likeness (QED) is 0.881. The van der Waals surface area contributed by atoms with Gasteiger partial charge in [-0.15, -0.1) is 0 Å². The second kappa shape index (κ2) is 5.79. The molecule has 20 heavy (non-hydrogen) atoms. The van der Waals surface area contributed by atoms with Crippen LogP contribution in [0.2, 0.25) is 0 Å². The smallest absolute Gasteiger partial charge is 0.287 e. The van der Waals surface area contributed by atoms with Crippen LogP contribution in [0.25, 0.3) is 0 Å². The van der Waals surface area contributed by atoms with Crippen LogP contribution in [0.4, 0.5) is 0 Å². The lowest BCUT2D eigenvalue weighted by molar-refractivity contribution is 0.0883. The second-order valence-electron chi connectivity index (χ2n) is 5.55. The van der Waals surface area contributed by atoms with Crippen molar-refractivity contribution in [2.75, 3.05) is 6.61 Å². The Morgan fingerprint density at radius 1 is 1.40 bits per heavy atom. The van der Waals surface area contributed by atoms with Crippen LogP contribution in [-0.4, -0.2) is 29.4 Å². The van der Waals surface area contributed by atoms with Crippen LogP contribution in [-0.2, 0) is 6.42 Å². The Labute approximate surface area is 118 Å². The highest BCUT2D eigenvalue weighted by Crippen LogP contribution is 2.29. The Morgan fingerprint density at radius 3 is 2.70 bits per heavy atom. The number of rotatable bonds is 4. The molecule has 2 atom stereocenters. The maximum absolute atomic E-state index is 12.2. The molecule has 0 saturated carbocycles. The van der Waals surface area contributed by atoms with E-state index in [1.165, 1.54) is 0 Å². The fourth-order valence-corrected chi connectivity index (χ4v) is 2.44. The van der Waals surface area contributed by atoms with E-state index in [1.807, 2.05) is 13.8 Å². The zero-order chi connectivity index (χ0) is 14.9. The van der Waals surface area contributed by atoms with Crippen molar-refractivity contribution >= 4 is 11.7 Å². The standard InChI is InChI=1S/C15H21NO4/c1-8(7-17)10(3)16-15(19)14-9(2)13-11(18)5-4-6-12(13)20-14/h8,10,17H,4-7H2,1-3H3,(H,16,19)/t8-,10+/m0/s1. The van der Waals surface area contributed by atoms with Crippen molar-refractivity contribution in [2.24, 2.45) is 5.92 Å². The molecule has 110 valence electrons. The summed E-state index contributed by atoms with van der Waals surface area (Å²) in [7, 11) is 0. The van der Waals surface area contributed by atoms with Gasteiger partial charge in [0.2, 0.25) is 0 Å². The van der Waals surface area contributed by atoms with E-state index in [0.717, 1.165) is 6.42 Å². The summed E-state index contributed by atoms with van der Waals surface area (Å²) in [5.74, 6) is 0.556. The summed E-state index contributed by atoms with van der Waals surface area (Å²) in [6.45, 7) is 5.45. The highest BCUT2D eigenvalue weighted by molar-refractivity contribution is 6.03. The van der Waals surface area contributed by atoms with E-state index in [9.17, 15) is 9.59 Å². The fourth-order valence-electron chi connectivity index (χ4n) is 2.44. The topological polar surface area (TPSA) is 79.5 Å². The molecule has 2 rings (SSSR count). The molecule has 1 aliphatic carbocycles. The van der Waals surface area contributed by atoms with Gasteiger partial charge in [0.15, 0.2) is 11.5 Å². The van der Waals surface area contributed by atoms with Gasteiger partial charge in [0, 0.05) is 31.1 Å². The highest BCUT2D eigenvalue weighted by atomic mass is 16.4.